The van der Waals surface area contributed by atoms with Gasteiger partial charge in [0.05, 0.1) is 13.2 Å². The fourth-order valence-corrected chi connectivity index (χ4v) is 4.35. The summed E-state index contributed by atoms with van der Waals surface area (Å²) in [6.45, 7) is 2.22. The molecule has 0 aromatic carbocycles. The van der Waals surface area contributed by atoms with E-state index in [0.717, 1.165) is 51.4 Å². The zero-order valence-electron chi connectivity index (χ0n) is 26.9. The maximum Gasteiger partial charge on any atom is 0.472 e. The zero-order valence-corrected chi connectivity index (χ0v) is 27.8. The van der Waals surface area contributed by atoms with Crippen molar-refractivity contribution >= 4 is 25.7 Å². The molecular formula is C33H54NO10P. The molecule has 0 aromatic heterocycles. The van der Waals surface area contributed by atoms with Crippen LogP contribution in [0.15, 0.2) is 60.8 Å². The van der Waals surface area contributed by atoms with Crippen LogP contribution in [0.4, 0.5) is 0 Å². The summed E-state index contributed by atoms with van der Waals surface area (Å²) in [5.74, 6) is -2.49. The Kier molecular flexibility index (Phi) is 26.8. The normalized spacial score (nSPS) is 14.9. The summed E-state index contributed by atoms with van der Waals surface area (Å²) in [5, 5.41) is 21.5. The molecular weight excluding hydrogens is 601 g/mol. The van der Waals surface area contributed by atoms with E-state index in [1.54, 1.807) is 0 Å². The number of amides is 1. The number of phosphoric ester groups is 1. The van der Waals surface area contributed by atoms with Gasteiger partial charge in [0.2, 0.25) is 5.91 Å². The van der Waals surface area contributed by atoms with Crippen molar-refractivity contribution in [1.82, 2.24) is 5.32 Å². The number of phosphoric acid groups is 1. The van der Waals surface area contributed by atoms with E-state index in [9.17, 15) is 34.1 Å². The predicted octanol–water partition coefficient (Wildman–Crippen LogP) is 6.49. The minimum atomic E-state index is -4.75. The van der Waals surface area contributed by atoms with Crippen molar-refractivity contribution in [2.45, 2.75) is 109 Å². The molecule has 12 heteroatoms. The molecule has 0 radical (unpaired) electrons. The van der Waals surface area contributed by atoms with E-state index in [1.807, 2.05) is 19.1 Å². The third-order valence-corrected chi connectivity index (χ3v) is 7.02. The summed E-state index contributed by atoms with van der Waals surface area (Å²) in [4.78, 5) is 45.1. The Morgan fingerprint density at radius 2 is 1.29 bits per heavy atom. The number of carboxylic acids is 1. The molecule has 0 aliphatic heterocycles. The number of aliphatic carboxylic acids is 1. The Morgan fingerprint density at radius 3 is 1.84 bits per heavy atom. The Hall–Kier alpha value is -2.82. The molecule has 256 valence electrons. The van der Waals surface area contributed by atoms with Crippen molar-refractivity contribution < 1.29 is 47.8 Å². The number of carbonyl (C=O) groups is 3. The molecule has 0 aliphatic carbocycles. The van der Waals surface area contributed by atoms with Gasteiger partial charge in [0.25, 0.3) is 0 Å². The van der Waals surface area contributed by atoms with E-state index in [-0.39, 0.29) is 12.8 Å². The minimum absolute atomic E-state index is 0.0644. The molecule has 0 rings (SSSR count). The Balaban J connectivity index is 4.16. The fourth-order valence-electron chi connectivity index (χ4n) is 3.58. The molecule has 3 unspecified atom stereocenters. The van der Waals surface area contributed by atoms with Crippen LogP contribution >= 0.6 is 7.82 Å². The molecule has 45 heavy (non-hydrogen) atoms. The van der Waals surface area contributed by atoms with Crippen LogP contribution in [0.3, 0.4) is 0 Å². The SMILES string of the molecule is CC/C=C\C/C=C\C/C=C\C/C=C\C/C=C\CCCC(=O)NC(COP(=O)(O)OCC(O)COC(=O)CCCCCC)C(=O)O. The van der Waals surface area contributed by atoms with Crippen LogP contribution in [-0.4, -0.2) is 64.9 Å². The van der Waals surface area contributed by atoms with E-state index in [1.165, 1.54) is 0 Å². The van der Waals surface area contributed by atoms with E-state index in [4.69, 9.17) is 9.26 Å². The van der Waals surface area contributed by atoms with Crippen molar-refractivity contribution in [3.63, 3.8) is 0 Å². The van der Waals surface area contributed by atoms with Crippen LogP contribution in [0.5, 0.6) is 0 Å². The zero-order chi connectivity index (χ0) is 33.6. The van der Waals surface area contributed by atoms with Gasteiger partial charge in [-0.2, -0.15) is 0 Å². The van der Waals surface area contributed by atoms with Crippen molar-refractivity contribution in [3.8, 4) is 0 Å². The highest BCUT2D eigenvalue weighted by atomic mass is 31.2. The van der Waals surface area contributed by atoms with E-state index < -0.39 is 57.6 Å². The summed E-state index contributed by atoms with van der Waals surface area (Å²) in [6, 6.07) is -1.58. The van der Waals surface area contributed by atoms with Gasteiger partial charge >= 0.3 is 19.8 Å². The second-order valence-electron chi connectivity index (χ2n) is 10.3. The Morgan fingerprint density at radius 1 is 0.733 bits per heavy atom. The van der Waals surface area contributed by atoms with Crippen molar-refractivity contribution in [2.24, 2.45) is 0 Å². The quantitative estimate of drug-likeness (QED) is 0.0317. The van der Waals surface area contributed by atoms with Crippen LogP contribution in [0, 0.1) is 0 Å². The molecule has 0 heterocycles. The first-order valence-corrected chi connectivity index (χ1v) is 17.3. The third kappa shape index (κ3) is 28.4. The molecule has 0 bridgehead atoms. The van der Waals surface area contributed by atoms with Crippen LogP contribution in [0.1, 0.15) is 97.3 Å². The monoisotopic (exact) mass is 655 g/mol. The number of nitrogens with one attached hydrogen (secondary N) is 1. The van der Waals surface area contributed by atoms with Gasteiger partial charge in [0.1, 0.15) is 12.7 Å². The van der Waals surface area contributed by atoms with Gasteiger partial charge in [0.15, 0.2) is 6.04 Å². The lowest BCUT2D eigenvalue weighted by Gasteiger charge is -2.18. The van der Waals surface area contributed by atoms with Crippen molar-refractivity contribution in [1.29, 1.82) is 0 Å². The third-order valence-electron chi connectivity index (χ3n) is 6.07. The van der Waals surface area contributed by atoms with E-state index >= 15 is 0 Å². The molecule has 1 amide bonds. The molecule has 0 spiro atoms. The number of unbranched alkanes of at least 4 members (excludes halogenated alkanes) is 4. The first-order chi connectivity index (χ1) is 21.6. The highest BCUT2D eigenvalue weighted by molar-refractivity contribution is 7.47. The average Bonchev–Trinajstić information content (AvgIpc) is 3.00. The molecule has 0 saturated heterocycles. The van der Waals surface area contributed by atoms with Gasteiger partial charge in [0, 0.05) is 12.8 Å². The van der Waals surface area contributed by atoms with Crippen LogP contribution in [0.25, 0.3) is 0 Å². The number of allylic oxidation sites excluding steroid dienone is 10. The number of aliphatic hydroxyl groups is 1. The van der Waals surface area contributed by atoms with Gasteiger partial charge in [-0.25, -0.2) is 9.36 Å². The maximum absolute atomic E-state index is 12.2. The minimum Gasteiger partial charge on any atom is -0.480 e. The summed E-state index contributed by atoms with van der Waals surface area (Å²) < 4.78 is 26.3. The highest BCUT2D eigenvalue weighted by Crippen LogP contribution is 2.43. The molecule has 0 aliphatic rings. The topological polar surface area (TPSA) is 169 Å². The lowest BCUT2D eigenvalue weighted by atomic mass is 10.2. The second-order valence-corrected chi connectivity index (χ2v) is 11.7. The Bertz CT molecular complexity index is 1010. The average molecular weight is 656 g/mol. The van der Waals surface area contributed by atoms with E-state index in [2.05, 4.69) is 65.4 Å². The number of ether oxygens (including phenoxy) is 1. The summed E-state index contributed by atoms with van der Waals surface area (Å²) in [6.07, 6.45) is 29.2. The smallest absolute Gasteiger partial charge is 0.472 e. The number of carboxylic acid groups (broad SMARTS) is 1. The second kappa shape index (κ2) is 28.6. The summed E-state index contributed by atoms with van der Waals surface area (Å²) >= 11 is 0. The number of hydrogen-bond donors (Lipinski definition) is 4. The first-order valence-electron chi connectivity index (χ1n) is 15.8. The van der Waals surface area contributed by atoms with Gasteiger partial charge in [-0.05, 0) is 51.4 Å². The lowest BCUT2D eigenvalue weighted by Crippen LogP contribution is -2.43. The predicted molar refractivity (Wildman–Crippen MR) is 175 cm³/mol. The number of esters is 1. The van der Waals surface area contributed by atoms with Gasteiger partial charge in [-0.15, -0.1) is 0 Å². The molecule has 0 fully saturated rings. The van der Waals surface area contributed by atoms with Crippen LogP contribution in [-0.2, 0) is 32.7 Å². The molecule has 11 nitrogen and oxygen atoms in total. The van der Waals surface area contributed by atoms with Crippen LogP contribution < -0.4 is 5.32 Å². The summed E-state index contributed by atoms with van der Waals surface area (Å²) in [5.41, 5.74) is 0. The maximum atomic E-state index is 12.2. The fraction of sp³-hybridized carbons (Fsp3) is 0.606. The number of aliphatic hydroxyl groups excluding tert-OH is 1. The molecule has 4 N–H and O–H groups in total. The highest BCUT2D eigenvalue weighted by Gasteiger charge is 2.28. The molecule has 0 saturated carbocycles. The van der Waals surface area contributed by atoms with Crippen molar-refractivity contribution in [3.05, 3.63) is 60.8 Å². The largest absolute Gasteiger partial charge is 0.480 e. The molecule has 3 atom stereocenters. The molecule has 0 aromatic rings. The van der Waals surface area contributed by atoms with Gasteiger partial charge < -0.3 is 25.2 Å². The van der Waals surface area contributed by atoms with E-state index in [0.29, 0.717) is 19.3 Å². The summed E-state index contributed by atoms with van der Waals surface area (Å²) in [7, 11) is -4.75. The standard InChI is InChI=1S/C33H54NO10P/c1-3-5-7-9-10-11-12-13-14-15-16-17-18-19-20-21-22-24-31(36)34-30(33(38)39)28-44-45(40,41)43-27-29(35)26-42-32(37)25-23-8-6-4-2/h5,7,10-11,13-14,16-17,19-20,29-30,35H,3-4,6,8-9,12,15,18,21-28H2,1-2H3,(H,34,36)(H,38,39)(H,40,41)/b7-5-,11-10-,14-13-,17-16-,20-19-. The number of carbonyl (C=O) groups excluding carboxylic acids is 2. The van der Waals surface area contributed by atoms with Gasteiger partial charge in [-0.1, -0.05) is 93.9 Å². The first kappa shape index (κ1) is 42.2. The Labute approximate surface area is 268 Å². The van der Waals surface area contributed by atoms with Crippen molar-refractivity contribution in [2.75, 3.05) is 19.8 Å². The number of hydrogen-bond acceptors (Lipinski definition) is 8. The lowest BCUT2D eigenvalue weighted by molar-refractivity contribution is -0.147. The number of rotatable bonds is 28. The van der Waals surface area contributed by atoms with Gasteiger partial charge in [-0.3, -0.25) is 18.6 Å². The van der Waals surface area contributed by atoms with Crippen LogP contribution in [0.2, 0.25) is 0 Å².